The van der Waals surface area contributed by atoms with Crippen molar-refractivity contribution >= 4 is 17.5 Å². The molecule has 1 atom stereocenters. The Morgan fingerprint density at radius 3 is 2.06 bits per heavy atom. The zero-order valence-electron chi connectivity index (χ0n) is 16.5. The molecule has 0 radical (unpaired) electrons. The zero-order valence-corrected chi connectivity index (χ0v) is 16.5. The van der Waals surface area contributed by atoms with Gasteiger partial charge in [0.1, 0.15) is 5.75 Å². The summed E-state index contributed by atoms with van der Waals surface area (Å²) in [4.78, 5) is 36.5. The molecule has 0 spiro atoms. The molecule has 3 rings (SSSR count). The van der Waals surface area contributed by atoms with Crippen molar-refractivity contribution in [3.05, 3.63) is 101 Å². The van der Waals surface area contributed by atoms with E-state index in [1.807, 2.05) is 6.07 Å². The van der Waals surface area contributed by atoms with Gasteiger partial charge in [0.2, 0.25) is 5.78 Å². The van der Waals surface area contributed by atoms with Crippen LogP contribution in [0.4, 0.5) is 8.78 Å². The van der Waals surface area contributed by atoms with Crippen LogP contribution in [0, 0.1) is 11.6 Å². The summed E-state index contributed by atoms with van der Waals surface area (Å²) in [5, 5.41) is 0. The number of carbonyl (C=O) groups excluding carboxylic acids is 3. The number of benzene rings is 3. The highest BCUT2D eigenvalue weighted by Crippen LogP contribution is 2.16. The summed E-state index contributed by atoms with van der Waals surface area (Å²) in [6.07, 6.45) is -1.20. The van der Waals surface area contributed by atoms with E-state index in [4.69, 9.17) is 9.47 Å². The lowest BCUT2D eigenvalue weighted by atomic mass is 10.0. The first kappa shape index (κ1) is 21.8. The Balaban J connectivity index is 1.52. The van der Waals surface area contributed by atoms with Gasteiger partial charge in [0.15, 0.2) is 30.1 Å². The van der Waals surface area contributed by atoms with Gasteiger partial charge < -0.3 is 9.47 Å². The highest BCUT2D eigenvalue weighted by atomic mass is 19.2. The van der Waals surface area contributed by atoms with Crippen LogP contribution in [0.1, 0.15) is 33.2 Å². The van der Waals surface area contributed by atoms with E-state index in [0.717, 1.165) is 18.2 Å². The van der Waals surface area contributed by atoms with E-state index >= 15 is 0 Å². The average molecular weight is 424 g/mol. The van der Waals surface area contributed by atoms with Crippen LogP contribution in [0.5, 0.6) is 5.75 Å². The summed E-state index contributed by atoms with van der Waals surface area (Å²) < 4.78 is 36.6. The van der Waals surface area contributed by atoms with Gasteiger partial charge in [-0.25, -0.2) is 13.6 Å². The van der Waals surface area contributed by atoms with E-state index in [9.17, 15) is 23.2 Å². The summed E-state index contributed by atoms with van der Waals surface area (Å²) >= 11 is 0. The van der Waals surface area contributed by atoms with Crippen molar-refractivity contribution in [2.24, 2.45) is 0 Å². The molecule has 0 fully saturated rings. The predicted octanol–water partition coefficient (Wildman–Crippen LogP) is 4.39. The molecular formula is C24H18F2O5. The van der Waals surface area contributed by atoms with Crippen molar-refractivity contribution in [2.75, 3.05) is 6.61 Å². The topological polar surface area (TPSA) is 69.7 Å². The molecule has 1 unspecified atom stereocenters. The number of rotatable bonds is 8. The molecule has 0 saturated heterocycles. The maximum atomic E-state index is 13.3. The quantitative estimate of drug-likeness (QED) is 0.396. The van der Waals surface area contributed by atoms with Gasteiger partial charge in [-0.3, -0.25) is 9.59 Å². The minimum atomic E-state index is -1.20. The molecule has 0 amide bonds. The van der Waals surface area contributed by atoms with Gasteiger partial charge in [-0.1, -0.05) is 30.3 Å². The Kier molecular flexibility index (Phi) is 6.87. The number of ketones is 2. The maximum absolute atomic E-state index is 13.3. The summed E-state index contributed by atoms with van der Waals surface area (Å²) in [6, 6.07) is 17.7. The molecule has 158 valence electrons. The van der Waals surface area contributed by atoms with Crippen LogP contribution in [-0.2, 0) is 9.53 Å². The lowest BCUT2D eigenvalue weighted by Crippen LogP contribution is -2.27. The van der Waals surface area contributed by atoms with Gasteiger partial charge in [0.05, 0.1) is 0 Å². The summed E-state index contributed by atoms with van der Waals surface area (Å²) in [5.41, 5.74) is 0.908. The normalized spacial score (nSPS) is 11.5. The lowest BCUT2D eigenvalue weighted by molar-refractivity contribution is -0.148. The molecule has 31 heavy (non-hydrogen) atoms. The van der Waals surface area contributed by atoms with Crippen molar-refractivity contribution in [3.8, 4) is 5.75 Å². The number of carbonyl (C=O) groups is 3. The predicted molar refractivity (Wildman–Crippen MR) is 108 cm³/mol. The second-order valence-electron chi connectivity index (χ2n) is 6.63. The third-order valence-electron chi connectivity index (χ3n) is 4.39. The van der Waals surface area contributed by atoms with E-state index < -0.39 is 36.1 Å². The Hall–Kier alpha value is -3.87. The Morgan fingerprint density at radius 1 is 0.806 bits per heavy atom. The summed E-state index contributed by atoms with van der Waals surface area (Å²) in [6.45, 7) is 0.854. The monoisotopic (exact) mass is 424 g/mol. The number of hydrogen-bond acceptors (Lipinski definition) is 5. The third kappa shape index (κ3) is 5.60. The number of Topliss-reactive ketones (excluding diaryl/α,β-unsaturated/α-hetero) is 1. The van der Waals surface area contributed by atoms with Crippen LogP contribution in [0.2, 0.25) is 0 Å². The van der Waals surface area contributed by atoms with Gasteiger partial charge in [0, 0.05) is 16.7 Å². The highest BCUT2D eigenvalue weighted by Gasteiger charge is 2.21. The molecule has 0 heterocycles. The van der Waals surface area contributed by atoms with Gasteiger partial charge in [-0.2, -0.15) is 0 Å². The minimum Gasteiger partial charge on any atom is -0.482 e. The van der Waals surface area contributed by atoms with Crippen molar-refractivity contribution in [1.82, 2.24) is 0 Å². The van der Waals surface area contributed by atoms with Gasteiger partial charge in [0.25, 0.3) is 0 Å². The SMILES string of the molecule is CC(OC(=O)COc1ccc(C(=O)c2ccccc2)cc1)C(=O)c1ccc(F)c(F)c1. The zero-order chi connectivity index (χ0) is 22.4. The Labute approximate surface area is 177 Å². The van der Waals surface area contributed by atoms with Crippen molar-refractivity contribution in [1.29, 1.82) is 0 Å². The standard InChI is InChI=1S/C24H18F2O5/c1-15(23(28)18-9-12-20(25)21(26)13-18)31-22(27)14-30-19-10-7-17(8-11-19)24(29)16-5-3-2-4-6-16/h2-13,15H,14H2,1H3. The lowest BCUT2D eigenvalue weighted by Gasteiger charge is -2.13. The first-order chi connectivity index (χ1) is 14.8. The Bertz CT molecular complexity index is 1090. The van der Waals surface area contributed by atoms with Crippen LogP contribution >= 0.6 is 0 Å². The molecule has 0 bridgehead atoms. The number of ether oxygens (including phenoxy) is 2. The molecule has 0 aromatic heterocycles. The first-order valence-corrected chi connectivity index (χ1v) is 9.36. The van der Waals surface area contributed by atoms with Gasteiger partial charge in [-0.05, 0) is 49.4 Å². The largest absolute Gasteiger partial charge is 0.482 e. The minimum absolute atomic E-state index is 0.112. The second-order valence-corrected chi connectivity index (χ2v) is 6.63. The number of hydrogen-bond donors (Lipinski definition) is 0. The van der Waals surface area contributed by atoms with Crippen LogP contribution in [-0.4, -0.2) is 30.2 Å². The molecule has 0 aliphatic rings. The molecule has 0 aliphatic carbocycles. The molecule has 3 aromatic rings. The fourth-order valence-electron chi connectivity index (χ4n) is 2.77. The highest BCUT2D eigenvalue weighted by molar-refractivity contribution is 6.09. The third-order valence-corrected chi connectivity index (χ3v) is 4.39. The van der Waals surface area contributed by atoms with Crippen molar-refractivity contribution in [2.45, 2.75) is 13.0 Å². The molecule has 3 aromatic carbocycles. The summed E-state index contributed by atoms with van der Waals surface area (Å²) in [7, 11) is 0. The molecule has 0 N–H and O–H groups in total. The first-order valence-electron chi connectivity index (χ1n) is 9.36. The van der Waals surface area contributed by atoms with E-state index in [2.05, 4.69) is 0 Å². The van der Waals surface area contributed by atoms with Crippen LogP contribution in [0.3, 0.4) is 0 Å². The molecule has 0 saturated carbocycles. The van der Waals surface area contributed by atoms with Crippen LogP contribution in [0.25, 0.3) is 0 Å². The van der Waals surface area contributed by atoms with Gasteiger partial charge in [-0.15, -0.1) is 0 Å². The molecular weight excluding hydrogens is 406 g/mol. The summed E-state index contributed by atoms with van der Waals surface area (Å²) in [5.74, 6) is -3.53. The maximum Gasteiger partial charge on any atom is 0.344 e. The van der Waals surface area contributed by atoms with Crippen molar-refractivity contribution in [3.63, 3.8) is 0 Å². The molecule has 0 aliphatic heterocycles. The van der Waals surface area contributed by atoms with E-state index in [-0.39, 0.29) is 11.3 Å². The Morgan fingerprint density at radius 2 is 1.42 bits per heavy atom. The molecule has 5 nitrogen and oxygen atoms in total. The number of esters is 1. The smallest absolute Gasteiger partial charge is 0.344 e. The van der Waals surface area contributed by atoms with E-state index in [0.29, 0.717) is 16.9 Å². The van der Waals surface area contributed by atoms with Crippen molar-refractivity contribution < 1.29 is 32.6 Å². The van der Waals surface area contributed by atoms with Crippen LogP contribution in [0.15, 0.2) is 72.8 Å². The van der Waals surface area contributed by atoms with E-state index in [1.54, 1.807) is 48.5 Å². The van der Waals surface area contributed by atoms with E-state index in [1.165, 1.54) is 6.92 Å². The van der Waals surface area contributed by atoms with Gasteiger partial charge >= 0.3 is 5.97 Å². The average Bonchev–Trinajstić information content (AvgIpc) is 2.79. The van der Waals surface area contributed by atoms with Crippen LogP contribution < -0.4 is 4.74 Å². The molecule has 7 heteroatoms. The second kappa shape index (κ2) is 9.75. The fraction of sp³-hybridized carbons (Fsp3) is 0.125. The fourth-order valence-corrected chi connectivity index (χ4v) is 2.77. The number of halogens is 2.